The van der Waals surface area contributed by atoms with E-state index in [2.05, 4.69) is 9.97 Å². The second kappa shape index (κ2) is 11.2. The summed E-state index contributed by atoms with van der Waals surface area (Å²) in [6.07, 6.45) is 8.96. The van der Waals surface area contributed by atoms with Crippen LogP contribution >= 0.6 is 23.2 Å². The van der Waals surface area contributed by atoms with E-state index in [0.29, 0.717) is 48.7 Å². The quantitative estimate of drug-likeness (QED) is 0.392. The van der Waals surface area contributed by atoms with E-state index in [-0.39, 0.29) is 22.2 Å². The average Bonchev–Trinajstić information content (AvgIpc) is 3.34. The number of sulfonamides is 2. The molecular weight excluding hydrogens is 615 g/mol. The zero-order chi connectivity index (χ0) is 29.5. The number of halogens is 2. The normalized spacial score (nSPS) is 18.7. The van der Waals surface area contributed by atoms with Crippen molar-refractivity contribution in [3.63, 3.8) is 0 Å². The maximum atomic E-state index is 13.5. The van der Waals surface area contributed by atoms with Crippen LogP contribution in [-0.4, -0.2) is 91.0 Å². The van der Waals surface area contributed by atoms with E-state index < -0.39 is 37.8 Å². The first kappa shape index (κ1) is 29.3. The van der Waals surface area contributed by atoms with Crippen LogP contribution in [0.4, 0.5) is 11.5 Å². The van der Waals surface area contributed by atoms with Crippen LogP contribution in [0.2, 0.25) is 0 Å². The van der Waals surface area contributed by atoms with Crippen molar-refractivity contribution in [3.8, 4) is 5.82 Å². The summed E-state index contributed by atoms with van der Waals surface area (Å²) < 4.78 is 54.6. The van der Waals surface area contributed by atoms with Gasteiger partial charge >= 0.3 is 5.97 Å². The lowest BCUT2D eigenvalue weighted by molar-refractivity contribution is -0.135. The first-order valence-electron chi connectivity index (χ1n) is 12.4. The SMILES string of the molecule is CS(=O)(=O)N1CCN(c2cnc(-n3ccc4cc(N(CC(=O)O)S(=O)(=O)C5C=C(Cl)C=C(Cl)C5)ccc43)cn2)CC1. The van der Waals surface area contributed by atoms with Crippen molar-refractivity contribution < 1.29 is 26.7 Å². The summed E-state index contributed by atoms with van der Waals surface area (Å²) in [5.41, 5.74) is 0.888. The number of carbonyl (C=O) groups is 1. The van der Waals surface area contributed by atoms with Crippen LogP contribution in [0.15, 0.2) is 65.1 Å². The van der Waals surface area contributed by atoms with E-state index in [0.717, 1.165) is 4.31 Å². The molecule has 1 fully saturated rings. The molecule has 2 aromatic heterocycles. The second-order valence-corrected chi connectivity index (χ2v) is 14.6. The van der Waals surface area contributed by atoms with Crippen LogP contribution in [0.5, 0.6) is 0 Å². The lowest BCUT2D eigenvalue weighted by Gasteiger charge is -2.33. The van der Waals surface area contributed by atoms with Gasteiger partial charge in [-0.05, 0) is 36.4 Å². The minimum atomic E-state index is -4.18. The Morgan fingerprint density at radius 2 is 1.73 bits per heavy atom. The summed E-state index contributed by atoms with van der Waals surface area (Å²) in [6.45, 7) is 0.961. The molecule has 0 saturated carbocycles. The summed E-state index contributed by atoms with van der Waals surface area (Å²) in [5.74, 6) is -0.168. The third-order valence-electron chi connectivity index (χ3n) is 6.87. The van der Waals surface area contributed by atoms with Gasteiger partial charge in [-0.15, -0.1) is 0 Å². The minimum Gasteiger partial charge on any atom is -0.480 e. The summed E-state index contributed by atoms with van der Waals surface area (Å²) in [5, 5.41) is 9.48. The van der Waals surface area contributed by atoms with Crippen molar-refractivity contribution in [2.45, 2.75) is 11.7 Å². The maximum Gasteiger partial charge on any atom is 0.324 e. The Kier molecular flexibility index (Phi) is 8.05. The number of nitrogens with zero attached hydrogens (tertiary/aromatic N) is 6. The summed E-state index contributed by atoms with van der Waals surface area (Å²) >= 11 is 12.1. The molecule has 1 atom stereocenters. The Labute approximate surface area is 247 Å². The standard InChI is InChI=1S/C25H26Cl2N6O6S2/c1-40(36,37)31-8-6-30(7-9-31)23-14-29-24(15-28-23)32-5-4-17-10-20(2-3-22(17)32)33(16-25(34)35)41(38,39)21-12-18(26)11-19(27)13-21/h2-5,10-12,14-15,21H,6-9,13,16H2,1H3,(H,34,35). The molecule has 1 unspecified atom stereocenters. The number of hydrogen-bond acceptors (Lipinski definition) is 8. The number of benzene rings is 1. The number of allylic oxidation sites excluding steroid dienone is 3. The topological polar surface area (TPSA) is 146 Å². The van der Waals surface area contributed by atoms with Gasteiger partial charge in [0.05, 0.1) is 29.9 Å². The van der Waals surface area contributed by atoms with Gasteiger partial charge in [0, 0.05) is 54.2 Å². The molecule has 1 aromatic carbocycles. The van der Waals surface area contributed by atoms with E-state index in [1.165, 1.54) is 28.8 Å². The van der Waals surface area contributed by atoms with E-state index >= 15 is 0 Å². The lowest BCUT2D eigenvalue weighted by Crippen LogP contribution is -2.48. The Balaban J connectivity index is 1.39. The smallest absolute Gasteiger partial charge is 0.324 e. The van der Waals surface area contributed by atoms with E-state index in [9.17, 15) is 26.7 Å². The summed E-state index contributed by atoms with van der Waals surface area (Å²) in [7, 11) is -7.42. The minimum absolute atomic E-state index is 0.0170. The highest BCUT2D eigenvalue weighted by Crippen LogP contribution is 2.33. The van der Waals surface area contributed by atoms with Gasteiger partial charge in [-0.3, -0.25) is 13.7 Å². The van der Waals surface area contributed by atoms with Crippen molar-refractivity contribution in [1.82, 2.24) is 18.8 Å². The molecule has 1 aliphatic carbocycles. The number of carboxylic acid groups (broad SMARTS) is 1. The molecule has 5 rings (SSSR count). The highest BCUT2D eigenvalue weighted by atomic mass is 35.5. The Morgan fingerprint density at radius 3 is 2.34 bits per heavy atom. The van der Waals surface area contributed by atoms with E-state index in [1.807, 2.05) is 4.90 Å². The number of aliphatic carboxylic acids is 1. The fourth-order valence-electron chi connectivity index (χ4n) is 4.83. The van der Waals surface area contributed by atoms with E-state index in [1.54, 1.807) is 41.4 Å². The molecule has 0 spiro atoms. The summed E-state index contributed by atoms with van der Waals surface area (Å²) in [4.78, 5) is 22.7. The zero-order valence-corrected chi connectivity index (χ0v) is 24.9. The second-order valence-electron chi connectivity index (χ2n) is 9.64. The van der Waals surface area contributed by atoms with Crippen LogP contribution in [0.1, 0.15) is 6.42 Å². The average molecular weight is 642 g/mol. The molecule has 3 heterocycles. The predicted molar refractivity (Wildman–Crippen MR) is 158 cm³/mol. The molecule has 0 radical (unpaired) electrons. The molecule has 218 valence electrons. The van der Waals surface area contributed by atoms with Crippen LogP contribution in [0, 0.1) is 0 Å². The van der Waals surface area contributed by atoms with Crippen molar-refractivity contribution in [1.29, 1.82) is 0 Å². The van der Waals surface area contributed by atoms with Gasteiger partial charge in [0.25, 0.3) is 0 Å². The molecule has 16 heteroatoms. The fraction of sp³-hybridized carbons (Fsp3) is 0.320. The van der Waals surface area contributed by atoms with Gasteiger partial charge in [0.1, 0.15) is 17.6 Å². The van der Waals surface area contributed by atoms with Crippen molar-refractivity contribution >= 4 is 71.6 Å². The van der Waals surface area contributed by atoms with Crippen LogP contribution < -0.4 is 9.21 Å². The molecule has 41 heavy (non-hydrogen) atoms. The van der Waals surface area contributed by atoms with Crippen LogP contribution in [-0.2, 0) is 24.8 Å². The Hall–Kier alpha value is -3.17. The molecule has 1 saturated heterocycles. The third kappa shape index (κ3) is 6.21. The van der Waals surface area contributed by atoms with Gasteiger partial charge in [-0.2, -0.15) is 4.31 Å². The first-order chi connectivity index (χ1) is 19.3. The number of anilines is 2. The maximum absolute atomic E-state index is 13.5. The molecule has 1 aliphatic heterocycles. The van der Waals surface area contributed by atoms with Crippen molar-refractivity contribution in [3.05, 3.63) is 65.1 Å². The molecule has 0 bridgehead atoms. The van der Waals surface area contributed by atoms with Crippen LogP contribution in [0.25, 0.3) is 16.7 Å². The molecule has 1 N–H and O–H groups in total. The summed E-state index contributed by atoms with van der Waals surface area (Å²) in [6, 6.07) is 6.59. The monoisotopic (exact) mass is 640 g/mol. The lowest BCUT2D eigenvalue weighted by atomic mass is 10.2. The fourth-order valence-corrected chi connectivity index (χ4v) is 8.18. The van der Waals surface area contributed by atoms with Crippen molar-refractivity contribution in [2.75, 3.05) is 48.2 Å². The Bertz CT molecular complexity index is 1770. The van der Waals surface area contributed by atoms with Crippen LogP contribution in [0.3, 0.4) is 0 Å². The number of aromatic nitrogens is 3. The third-order valence-corrected chi connectivity index (χ3v) is 10.7. The largest absolute Gasteiger partial charge is 0.480 e. The van der Waals surface area contributed by atoms with Gasteiger partial charge < -0.3 is 10.0 Å². The van der Waals surface area contributed by atoms with E-state index in [4.69, 9.17) is 23.2 Å². The number of piperazine rings is 1. The number of fused-ring (bicyclic) bond motifs is 1. The van der Waals surface area contributed by atoms with Gasteiger partial charge in [-0.25, -0.2) is 26.8 Å². The molecule has 0 amide bonds. The number of carboxylic acids is 1. The van der Waals surface area contributed by atoms with Gasteiger partial charge in [0.15, 0.2) is 5.82 Å². The highest BCUT2D eigenvalue weighted by molar-refractivity contribution is 7.93. The first-order valence-corrected chi connectivity index (χ1v) is 16.5. The van der Waals surface area contributed by atoms with Gasteiger partial charge in [0.2, 0.25) is 20.0 Å². The molecule has 2 aliphatic rings. The van der Waals surface area contributed by atoms with Gasteiger partial charge in [-0.1, -0.05) is 23.2 Å². The number of hydrogen-bond donors (Lipinski definition) is 1. The molecular formula is C25H26Cl2N6O6S2. The zero-order valence-electron chi connectivity index (χ0n) is 21.8. The molecule has 3 aromatic rings. The van der Waals surface area contributed by atoms with Crippen molar-refractivity contribution in [2.24, 2.45) is 0 Å². The predicted octanol–water partition coefficient (Wildman–Crippen LogP) is 2.74. The number of rotatable bonds is 8. The Morgan fingerprint density at radius 1 is 1.05 bits per heavy atom. The highest BCUT2D eigenvalue weighted by Gasteiger charge is 2.34. The molecule has 12 nitrogen and oxygen atoms in total.